The Bertz CT molecular complexity index is 1280. The van der Waals surface area contributed by atoms with Gasteiger partial charge < -0.3 is 24.3 Å². The van der Waals surface area contributed by atoms with Crippen LogP contribution in [0.3, 0.4) is 0 Å². The van der Waals surface area contributed by atoms with Gasteiger partial charge in [0.15, 0.2) is 12.4 Å². The number of benzene rings is 2. The van der Waals surface area contributed by atoms with E-state index in [4.69, 9.17) is 9.47 Å². The number of methoxy groups -OCH3 is 1. The molecule has 1 amide bonds. The van der Waals surface area contributed by atoms with Gasteiger partial charge in [-0.05, 0) is 35.9 Å². The van der Waals surface area contributed by atoms with Crippen LogP contribution in [0.1, 0.15) is 11.4 Å². The van der Waals surface area contributed by atoms with Gasteiger partial charge in [0.05, 0.1) is 18.1 Å². The van der Waals surface area contributed by atoms with Crippen molar-refractivity contribution in [3.63, 3.8) is 0 Å². The Morgan fingerprint density at radius 1 is 1.06 bits per heavy atom. The molecule has 0 unspecified atom stereocenters. The molecule has 0 atom stereocenters. The average Bonchev–Trinajstić information content (AvgIpc) is 3.29. The molecule has 2 aromatic carbocycles. The summed E-state index contributed by atoms with van der Waals surface area (Å²) in [6, 6.07) is 15.4. The number of anilines is 1. The van der Waals surface area contributed by atoms with E-state index in [0.717, 1.165) is 28.2 Å². The number of ether oxygens (including phenoxy) is 2. The highest BCUT2D eigenvalue weighted by molar-refractivity contribution is 5.78. The van der Waals surface area contributed by atoms with Crippen LogP contribution in [0.5, 0.6) is 11.6 Å². The molecule has 35 heavy (non-hydrogen) atoms. The first kappa shape index (κ1) is 23.9. The van der Waals surface area contributed by atoms with Crippen LogP contribution < -0.4 is 14.4 Å². The molecule has 0 radical (unpaired) electrons. The first-order chi connectivity index (χ1) is 16.9. The van der Waals surface area contributed by atoms with Crippen molar-refractivity contribution in [3.05, 3.63) is 71.8 Å². The second-order valence-corrected chi connectivity index (χ2v) is 8.13. The number of H-pyrrole nitrogens is 1. The average molecular weight is 479 g/mol. The highest BCUT2D eigenvalue weighted by Crippen LogP contribution is 2.19. The Morgan fingerprint density at radius 3 is 2.57 bits per heavy atom. The summed E-state index contributed by atoms with van der Waals surface area (Å²) in [6.07, 6.45) is 0.578. The Morgan fingerprint density at radius 2 is 1.86 bits per heavy atom. The SMILES string of the molecule is COc1ccc2nc(CCN(C)C(=O)COc3ccc(N(C)Cc4ccc(F)cc4)nn3)[nH]c2c1. The van der Waals surface area contributed by atoms with E-state index >= 15 is 0 Å². The number of imidazole rings is 1. The summed E-state index contributed by atoms with van der Waals surface area (Å²) in [5, 5.41) is 8.20. The van der Waals surface area contributed by atoms with Gasteiger partial charge in [-0.2, -0.15) is 0 Å². The number of nitrogens with zero attached hydrogens (tertiary/aromatic N) is 5. The molecule has 9 nitrogen and oxygen atoms in total. The molecule has 0 aliphatic carbocycles. The molecule has 0 aliphatic heterocycles. The van der Waals surface area contributed by atoms with E-state index in [0.29, 0.717) is 25.3 Å². The molecule has 0 fully saturated rings. The number of aromatic amines is 1. The zero-order valence-corrected chi connectivity index (χ0v) is 19.9. The number of hydrogen-bond acceptors (Lipinski definition) is 7. The lowest BCUT2D eigenvalue weighted by molar-refractivity contribution is -0.132. The summed E-state index contributed by atoms with van der Waals surface area (Å²) >= 11 is 0. The maximum atomic E-state index is 13.1. The van der Waals surface area contributed by atoms with E-state index < -0.39 is 0 Å². The number of carbonyl (C=O) groups is 1. The van der Waals surface area contributed by atoms with E-state index in [2.05, 4.69) is 20.2 Å². The molecule has 0 aliphatic rings. The zero-order valence-electron chi connectivity index (χ0n) is 19.9. The summed E-state index contributed by atoms with van der Waals surface area (Å²) in [5.74, 6) is 1.99. The number of halogens is 1. The van der Waals surface area contributed by atoms with Gasteiger partial charge in [-0.25, -0.2) is 9.37 Å². The van der Waals surface area contributed by atoms with Gasteiger partial charge in [0, 0.05) is 45.7 Å². The minimum absolute atomic E-state index is 0.146. The second-order valence-electron chi connectivity index (χ2n) is 8.13. The van der Waals surface area contributed by atoms with E-state index in [1.54, 1.807) is 43.3 Å². The Balaban J connectivity index is 1.24. The van der Waals surface area contributed by atoms with Crippen molar-refractivity contribution in [2.75, 3.05) is 39.3 Å². The molecule has 10 heteroatoms. The van der Waals surface area contributed by atoms with Crippen molar-refractivity contribution in [1.29, 1.82) is 0 Å². The molecule has 1 N–H and O–H groups in total. The molecule has 0 saturated heterocycles. The van der Waals surface area contributed by atoms with Crippen molar-refractivity contribution in [2.24, 2.45) is 0 Å². The van der Waals surface area contributed by atoms with E-state index in [1.807, 2.05) is 30.1 Å². The third-order valence-corrected chi connectivity index (χ3v) is 5.54. The summed E-state index contributed by atoms with van der Waals surface area (Å²) in [6.45, 7) is 0.891. The Hall–Kier alpha value is -4.21. The van der Waals surface area contributed by atoms with Crippen molar-refractivity contribution >= 4 is 22.8 Å². The zero-order chi connectivity index (χ0) is 24.8. The van der Waals surface area contributed by atoms with Crippen LogP contribution in [0, 0.1) is 5.82 Å². The highest BCUT2D eigenvalue weighted by Gasteiger charge is 2.13. The maximum Gasteiger partial charge on any atom is 0.260 e. The molecule has 182 valence electrons. The lowest BCUT2D eigenvalue weighted by atomic mass is 10.2. The summed E-state index contributed by atoms with van der Waals surface area (Å²) < 4.78 is 23.8. The van der Waals surface area contributed by atoms with Gasteiger partial charge in [-0.3, -0.25) is 4.79 Å². The maximum absolute atomic E-state index is 13.1. The lowest BCUT2D eigenvalue weighted by Gasteiger charge is -2.18. The molecule has 2 heterocycles. The van der Waals surface area contributed by atoms with Gasteiger partial charge in [0.25, 0.3) is 5.91 Å². The number of aromatic nitrogens is 4. The van der Waals surface area contributed by atoms with Gasteiger partial charge in [0.1, 0.15) is 17.4 Å². The van der Waals surface area contributed by atoms with Gasteiger partial charge in [0.2, 0.25) is 5.88 Å². The minimum atomic E-state index is -0.270. The first-order valence-corrected chi connectivity index (χ1v) is 11.1. The van der Waals surface area contributed by atoms with Crippen LogP contribution >= 0.6 is 0 Å². The number of likely N-dealkylation sites (N-methyl/N-ethyl adjacent to an activating group) is 1. The molecule has 2 aromatic heterocycles. The molecular weight excluding hydrogens is 451 g/mol. The standard InChI is InChI=1S/C25H27FN6O3/c1-31(13-12-22-27-20-9-8-19(34-3)14-21(20)28-22)25(33)16-35-24-11-10-23(29-30-24)32(2)15-17-4-6-18(26)7-5-17/h4-11,14H,12-13,15-16H2,1-3H3,(H,27,28). The fourth-order valence-corrected chi connectivity index (χ4v) is 3.47. The predicted octanol–water partition coefficient (Wildman–Crippen LogP) is 3.22. The number of amides is 1. The molecule has 0 spiro atoms. The highest BCUT2D eigenvalue weighted by atomic mass is 19.1. The smallest absolute Gasteiger partial charge is 0.260 e. The third kappa shape index (κ3) is 6.23. The summed E-state index contributed by atoms with van der Waals surface area (Å²) in [5.41, 5.74) is 2.69. The van der Waals surface area contributed by atoms with Crippen molar-refractivity contribution < 1.29 is 18.7 Å². The normalized spacial score (nSPS) is 10.9. The van der Waals surface area contributed by atoms with Gasteiger partial charge in [-0.15, -0.1) is 10.2 Å². The quantitative estimate of drug-likeness (QED) is 0.374. The molecule has 4 aromatic rings. The molecule has 0 saturated carbocycles. The Kier molecular flexibility index (Phi) is 7.39. The summed E-state index contributed by atoms with van der Waals surface area (Å²) in [7, 11) is 5.21. The fraction of sp³-hybridized carbons (Fsp3) is 0.280. The van der Waals surface area contributed by atoms with E-state index in [1.165, 1.54) is 12.1 Å². The number of nitrogens with one attached hydrogen (secondary N) is 1. The van der Waals surface area contributed by atoms with Crippen molar-refractivity contribution in [1.82, 2.24) is 25.1 Å². The van der Waals surface area contributed by atoms with E-state index in [-0.39, 0.29) is 24.2 Å². The largest absolute Gasteiger partial charge is 0.497 e. The molecule has 0 bridgehead atoms. The molecular formula is C25H27FN6O3. The van der Waals surface area contributed by atoms with Gasteiger partial charge >= 0.3 is 0 Å². The lowest BCUT2D eigenvalue weighted by Crippen LogP contribution is -2.33. The van der Waals surface area contributed by atoms with Crippen LogP contribution in [-0.4, -0.2) is 65.3 Å². The Labute approximate surface area is 202 Å². The van der Waals surface area contributed by atoms with Crippen LogP contribution in [0.4, 0.5) is 10.2 Å². The van der Waals surface area contributed by atoms with Crippen LogP contribution in [0.2, 0.25) is 0 Å². The van der Waals surface area contributed by atoms with E-state index in [9.17, 15) is 9.18 Å². The number of fused-ring (bicyclic) bond motifs is 1. The summed E-state index contributed by atoms with van der Waals surface area (Å²) in [4.78, 5) is 23.7. The first-order valence-electron chi connectivity index (χ1n) is 11.1. The monoisotopic (exact) mass is 478 g/mol. The van der Waals surface area contributed by atoms with Crippen LogP contribution in [-0.2, 0) is 17.8 Å². The fourth-order valence-electron chi connectivity index (χ4n) is 3.47. The number of rotatable bonds is 10. The van der Waals surface area contributed by atoms with Crippen LogP contribution in [0.25, 0.3) is 11.0 Å². The molecule has 4 rings (SSSR count). The van der Waals surface area contributed by atoms with Gasteiger partial charge in [-0.1, -0.05) is 12.1 Å². The van der Waals surface area contributed by atoms with Crippen LogP contribution in [0.15, 0.2) is 54.6 Å². The number of hydrogen-bond donors (Lipinski definition) is 1. The third-order valence-electron chi connectivity index (χ3n) is 5.54. The second kappa shape index (κ2) is 10.8. The van der Waals surface area contributed by atoms with Crippen molar-refractivity contribution in [3.8, 4) is 11.6 Å². The van der Waals surface area contributed by atoms with Crippen molar-refractivity contribution in [2.45, 2.75) is 13.0 Å². The number of carbonyl (C=O) groups excluding carboxylic acids is 1. The topological polar surface area (TPSA) is 96.5 Å². The minimum Gasteiger partial charge on any atom is -0.497 e. The predicted molar refractivity (Wildman–Crippen MR) is 130 cm³/mol.